The monoisotopic (exact) mass is 466 g/mol. The summed E-state index contributed by atoms with van der Waals surface area (Å²) < 4.78 is 10.7. The highest BCUT2D eigenvalue weighted by molar-refractivity contribution is 6.08. The van der Waals surface area contributed by atoms with Gasteiger partial charge in [-0.2, -0.15) is 0 Å². The van der Waals surface area contributed by atoms with Gasteiger partial charge in [0.2, 0.25) is 0 Å². The minimum Gasteiger partial charge on any atom is -0.496 e. The third-order valence-corrected chi connectivity index (χ3v) is 6.23. The van der Waals surface area contributed by atoms with E-state index in [1.807, 2.05) is 39.0 Å². The van der Waals surface area contributed by atoms with Crippen LogP contribution in [0.2, 0.25) is 0 Å². The quantitative estimate of drug-likeness (QED) is 0.629. The third kappa shape index (κ3) is 5.41. The Morgan fingerprint density at radius 3 is 2.18 bits per heavy atom. The lowest BCUT2D eigenvalue weighted by molar-refractivity contribution is 0.0492. The van der Waals surface area contributed by atoms with E-state index in [4.69, 9.17) is 9.47 Å². The molecular formula is C27H34N2O5. The van der Waals surface area contributed by atoms with Gasteiger partial charge in [0.25, 0.3) is 5.91 Å². The average molecular weight is 467 g/mol. The lowest BCUT2D eigenvalue weighted by atomic mass is 9.79. The number of likely N-dealkylation sites (tertiary alicyclic amines) is 1. The second kappa shape index (κ2) is 10.3. The van der Waals surface area contributed by atoms with E-state index >= 15 is 0 Å². The molecule has 0 atom stereocenters. The SMILES string of the molecule is COc1cccc(C(=O)NC2(C(=O)c3cc(C)cc(C)c3)CCN(C(=O)OC(C)C)CC2)c1C. The Hall–Kier alpha value is -3.35. The number of carbonyl (C=O) groups is 3. The first-order valence-corrected chi connectivity index (χ1v) is 11.6. The number of hydrogen-bond donors (Lipinski definition) is 1. The number of carbonyl (C=O) groups excluding carboxylic acids is 3. The predicted molar refractivity (Wildman–Crippen MR) is 131 cm³/mol. The van der Waals surface area contributed by atoms with Gasteiger partial charge in [0.15, 0.2) is 5.78 Å². The van der Waals surface area contributed by atoms with Crippen molar-refractivity contribution >= 4 is 17.8 Å². The summed E-state index contributed by atoms with van der Waals surface area (Å²) in [5.74, 6) is 0.117. The molecule has 0 aromatic heterocycles. The highest BCUT2D eigenvalue weighted by Crippen LogP contribution is 2.30. The summed E-state index contributed by atoms with van der Waals surface area (Å²) in [4.78, 5) is 41.3. The van der Waals surface area contributed by atoms with Crippen molar-refractivity contribution in [3.63, 3.8) is 0 Å². The molecule has 3 rings (SSSR count). The summed E-state index contributed by atoms with van der Waals surface area (Å²) in [6, 6.07) is 11.0. The molecule has 0 saturated carbocycles. The average Bonchev–Trinajstić information content (AvgIpc) is 2.78. The van der Waals surface area contributed by atoms with Gasteiger partial charge in [0, 0.05) is 29.8 Å². The van der Waals surface area contributed by atoms with Crippen molar-refractivity contribution in [3.05, 3.63) is 64.2 Å². The number of ether oxygens (including phenoxy) is 2. The van der Waals surface area contributed by atoms with Gasteiger partial charge in [-0.1, -0.05) is 23.3 Å². The Kier molecular flexibility index (Phi) is 7.64. The summed E-state index contributed by atoms with van der Waals surface area (Å²) in [5.41, 5.74) is 2.53. The van der Waals surface area contributed by atoms with Gasteiger partial charge in [0.05, 0.1) is 13.2 Å². The highest BCUT2D eigenvalue weighted by atomic mass is 16.6. The number of piperidine rings is 1. The summed E-state index contributed by atoms with van der Waals surface area (Å²) in [7, 11) is 1.56. The Morgan fingerprint density at radius 2 is 1.62 bits per heavy atom. The van der Waals surface area contributed by atoms with E-state index in [1.54, 1.807) is 44.1 Å². The molecule has 1 heterocycles. The van der Waals surface area contributed by atoms with Crippen molar-refractivity contribution < 1.29 is 23.9 Å². The second-order valence-electron chi connectivity index (χ2n) is 9.29. The molecule has 7 heteroatoms. The van der Waals surface area contributed by atoms with E-state index in [0.29, 0.717) is 48.4 Å². The van der Waals surface area contributed by atoms with Crippen molar-refractivity contribution in [2.24, 2.45) is 0 Å². The molecule has 1 aliphatic rings. The zero-order valence-corrected chi connectivity index (χ0v) is 20.9. The zero-order chi connectivity index (χ0) is 25.0. The maximum Gasteiger partial charge on any atom is 0.410 e. The fourth-order valence-electron chi connectivity index (χ4n) is 4.50. The van der Waals surface area contributed by atoms with Crippen molar-refractivity contribution in [2.75, 3.05) is 20.2 Å². The molecule has 2 aromatic carbocycles. The van der Waals surface area contributed by atoms with Crippen molar-refractivity contribution in [3.8, 4) is 5.75 Å². The minimum atomic E-state index is -1.14. The number of nitrogens with one attached hydrogen (secondary N) is 1. The Balaban J connectivity index is 1.94. The lowest BCUT2D eigenvalue weighted by Crippen LogP contribution is -2.60. The molecule has 2 aromatic rings. The number of methoxy groups -OCH3 is 1. The molecule has 2 amide bonds. The van der Waals surface area contributed by atoms with Crippen molar-refractivity contribution in [1.82, 2.24) is 10.2 Å². The summed E-state index contributed by atoms with van der Waals surface area (Å²) in [6.07, 6.45) is -0.0501. The van der Waals surface area contributed by atoms with Gasteiger partial charge in [-0.25, -0.2) is 4.79 Å². The molecule has 7 nitrogen and oxygen atoms in total. The molecule has 0 bridgehead atoms. The van der Waals surface area contributed by atoms with Crippen molar-refractivity contribution in [2.45, 2.75) is 59.1 Å². The number of aryl methyl sites for hydroxylation is 2. The molecule has 0 aliphatic carbocycles. The summed E-state index contributed by atoms with van der Waals surface area (Å²) >= 11 is 0. The number of ketones is 1. The Labute approximate surface area is 201 Å². The van der Waals surface area contributed by atoms with E-state index < -0.39 is 11.6 Å². The van der Waals surface area contributed by atoms with Crippen LogP contribution in [0.4, 0.5) is 4.79 Å². The van der Waals surface area contributed by atoms with Crippen LogP contribution < -0.4 is 10.1 Å². The zero-order valence-electron chi connectivity index (χ0n) is 20.9. The van der Waals surface area contributed by atoms with Gasteiger partial charge in [-0.15, -0.1) is 0 Å². The van der Waals surface area contributed by atoms with E-state index in [9.17, 15) is 14.4 Å². The van der Waals surface area contributed by atoms with Crippen LogP contribution in [0.25, 0.3) is 0 Å². The molecule has 0 unspecified atom stereocenters. The standard InChI is InChI=1S/C27H34N2O5/c1-17(2)34-26(32)29-12-10-27(11-13-29,24(30)21-15-18(3)14-19(4)16-21)28-25(31)22-8-7-9-23(33-6)20(22)5/h7-9,14-17H,10-13H2,1-6H3,(H,28,31). The maximum absolute atomic E-state index is 13.9. The molecule has 34 heavy (non-hydrogen) atoms. The number of amides is 2. The summed E-state index contributed by atoms with van der Waals surface area (Å²) in [6.45, 7) is 9.91. The smallest absolute Gasteiger partial charge is 0.410 e. The van der Waals surface area contributed by atoms with E-state index in [1.165, 1.54) is 0 Å². The largest absolute Gasteiger partial charge is 0.496 e. The number of hydrogen-bond acceptors (Lipinski definition) is 5. The van der Waals surface area contributed by atoms with Crippen LogP contribution in [0.15, 0.2) is 36.4 Å². The fourth-order valence-corrected chi connectivity index (χ4v) is 4.50. The predicted octanol–water partition coefficient (Wildman–Crippen LogP) is 4.61. The molecule has 1 fully saturated rings. The number of rotatable bonds is 6. The molecule has 1 N–H and O–H groups in total. The number of benzene rings is 2. The van der Waals surface area contributed by atoms with Gasteiger partial charge in [0.1, 0.15) is 11.3 Å². The van der Waals surface area contributed by atoms with E-state index in [0.717, 1.165) is 11.1 Å². The lowest BCUT2D eigenvalue weighted by Gasteiger charge is -2.41. The van der Waals surface area contributed by atoms with Crippen LogP contribution in [0.5, 0.6) is 5.75 Å². The minimum absolute atomic E-state index is 0.148. The fraction of sp³-hybridized carbons (Fsp3) is 0.444. The van der Waals surface area contributed by atoms with Crippen LogP contribution in [0.1, 0.15) is 64.1 Å². The molecule has 182 valence electrons. The van der Waals surface area contributed by atoms with E-state index in [-0.39, 0.29) is 17.8 Å². The van der Waals surface area contributed by atoms with Crippen LogP contribution in [-0.2, 0) is 4.74 Å². The van der Waals surface area contributed by atoms with Gasteiger partial charge in [-0.3, -0.25) is 9.59 Å². The third-order valence-electron chi connectivity index (χ3n) is 6.23. The first-order chi connectivity index (χ1) is 16.1. The van der Waals surface area contributed by atoms with Crippen LogP contribution in [0, 0.1) is 20.8 Å². The highest BCUT2D eigenvalue weighted by Gasteiger charge is 2.44. The first kappa shape index (κ1) is 25.3. The molecule has 0 spiro atoms. The van der Waals surface area contributed by atoms with Crippen LogP contribution in [0.3, 0.4) is 0 Å². The van der Waals surface area contributed by atoms with Gasteiger partial charge in [-0.05, 0) is 71.7 Å². The molecule has 0 radical (unpaired) electrons. The second-order valence-corrected chi connectivity index (χ2v) is 9.29. The summed E-state index contributed by atoms with van der Waals surface area (Å²) in [5, 5.41) is 3.06. The van der Waals surface area contributed by atoms with Gasteiger partial charge < -0.3 is 19.7 Å². The molecular weight excluding hydrogens is 432 g/mol. The van der Waals surface area contributed by atoms with Gasteiger partial charge >= 0.3 is 6.09 Å². The molecule has 1 saturated heterocycles. The Bertz CT molecular complexity index is 1060. The molecule has 1 aliphatic heterocycles. The van der Waals surface area contributed by atoms with Crippen molar-refractivity contribution in [1.29, 1.82) is 0 Å². The first-order valence-electron chi connectivity index (χ1n) is 11.6. The number of Topliss-reactive ketones (excluding diaryl/α,β-unsaturated/α-hetero) is 1. The Morgan fingerprint density at radius 1 is 1.00 bits per heavy atom. The van der Waals surface area contributed by atoms with E-state index in [2.05, 4.69) is 5.32 Å². The topological polar surface area (TPSA) is 84.9 Å². The maximum atomic E-state index is 13.9. The number of nitrogens with zero attached hydrogens (tertiary/aromatic N) is 1. The van der Waals surface area contributed by atoms with Crippen LogP contribution in [-0.4, -0.2) is 54.5 Å². The van der Waals surface area contributed by atoms with Crippen LogP contribution >= 0.6 is 0 Å². The normalized spacial score (nSPS) is 15.1.